The molecular weight excluding hydrogens is 384 g/mol. The first-order chi connectivity index (χ1) is 14.3. The maximum absolute atomic E-state index is 12.6. The number of ether oxygens (including phenoxy) is 2. The zero-order valence-electron chi connectivity index (χ0n) is 16.1. The fourth-order valence-corrected chi connectivity index (χ4v) is 4.10. The Morgan fingerprint density at radius 1 is 1.17 bits per heavy atom. The molecule has 0 radical (unpaired) electrons. The van der Waals surface area contributed by atoms with Gasteiger partial charge in [-0.25, -0.2) is 4.98 Å². The molecule has 1 saturated heterocycles. The van der Waals surface area contributed by atoms with Crippen molar-refractivity contribution >= 4 is 17.2 Å². The Kier molecular flexibility index (Phi) is 6.54. The molecule has 2 aromatic carbocycles. The van der Waals surface area contributed by atoms with Gasteiger partial charge in [-0.2, -0.15) is 0 Å². The van der Waals surface area contributed by atoms with E-state index < -0.39 is 0 Å². The van der Waals surface area contributed by atoms with Gasteiger partial charge in [-0.15, -0.1) is 11.3 Å². The van der Waals surface area contributed by atoms with Gasteiger partial charge in [-0.1, -0.05) is 30.3 Å². The summed E-state index contributed by atoms with van der Waals surface area (Å²) in [5.74, 6) is 0.920. The second-order valence-corrected chi connectivity index (χ2v) is 7.83. The van der Waals surface area contributed by atoms with Crippen LogP contribution in [0.5, 0.6) is 5.75 Å². The molecule has 1 aliphatic heterocycles. The van der Waals surface area contributed by atoms with Crippen molar-refractivity contribution in [3.05, 3.63) is 82.3 Å². The van der Waals surface area contributed by atoms with E-state index in [1.807, 2.05) is 35.7 Å². The second kappa shape index (κ2) is 9.67. The van der Waals surface area contributed by atoms with Crippen molar-refractivity contribution in [1.82, 2.24) is 10.3 Å². The van der Waals surface area contributed by atoms with Gasteiger partial charge in [0, 0.05) is 30.0 Å². The van der Waals surface area contributed by atoms with Crippen molar-refractivity contribution in [2.24, 2.45) is 5.92 Å². The first-order valence-electron chi connectivity index (χ1n) is 9.84. The van der Waals surface area contributed by atoms with Crippen LogP contribution in [0.15, 0.2) is 65.5 Å². The number of rotatable bonds is 7. The van der Waals surface area contributed by atoms with Gasteiger partial charge in [-0.05, 0) is 42.7 Å². The molecule has 0 bridgehead atoms. The van der Waals surface area contributed by atoms with E-state index in [2.05, 4.69) is 22.4 Å². The van der Waals surface area contributed by atoms with Gasteiger partial charge >= 0.3 is 0 Å². The van der Waals surface area contributed by atoms with Crippen LogP contribution in [0.2, 0.25) is 0 Å². The number of nitrogens with zero attached hydrogens (tertiary/aromatic N) is 1. The number of aromatic nitrogens is 1. The largest absolute Gasteiger partial charge is 0.487 e. The zero-order chi connectivity index (χ0) is 19.9. The van der Waals surface area contributed by atoms with Crippen molar-refractivity contribution < 1.29 is 14.3 Å². The molecule has 1 N–H and O–H groups in total. The van der Waals surface area contributed by atoms with E-state index in [1.54, 1.807) is 29.0 Å². The molecule has 0 spiro atoms. The first kappa shape index (κ1) is 19.6. The number of thiazole rings is 1. The van der Waals surface area contributed by atoms with Crippen molar-refractivity contribution in [2.75, 3.05) is 13.2 Å². The summed E-state index contributed by atoms with van der Waals surface area (Å²) in [5.41, 5.74) is 4.48. The van der Waals surface area contributed by atoms with Crippen molar-refractivity contribution in [3.63, 3.8) is 0 Å². The third-order valence-corrected chi connectivity index (χ3v) is 5.72. The van der Waals surface area contributed by atoms with Gasteiger partial charge in [-0.3, -0.25) is 4.79 Å². The van der Waals surface area contributed by atoms with Gasteiger partial charge < -0.3 is 14.8 Å². The number of benzene rings is 2. The SMILES string of the molecule is O=C(NCC1CCCOC1c1ccccc1)c1ccc(OCc2cscn2)cc1. The molecule has 5 nitrogen and oxygen atoms in total. The van der Waals surface area contributed by atoms with E-state index in [9.17, 15) is 4.79 Å². The van der Waals surface area contributed by atoms with Crippen molar-refractivity contribution in [1.29, 1.82) is 0 Å². The Balaban J connectivity index is 1.31. The lowest BCUT2D eigenvalue weighted by molar-refractivity contribution is -0.0272. The Labute approximate surface area is 174 Å². The van der Waals surface area contributed by atoms with Crippen molar-refractivity contribution in [2.45, 2.75) is 25.6 Å². The predicted molar refractivity (Wildman–Crippen MR) is 113 cm³/mol. The summed E-state index contributed by atoms with van der Waals surface area (Å²) in [6, 6.07) is 17.5. The van der Waals surface area contributed by atoms with E-state index in [0.29, 0.717) is 18.7 Å². The van der Waals surface area contributed by atoms with Crippen LogP contribution in [0.3, 0.4) is 0 Å². The molecule has 29 heavy (non-hydrogen) atoms. The standard InChI is InChI=1S/C23H24N2O3S/c26-23(18-8-10-21(11-9-18)28-14-20-15-29-16-25-20)24-13-19-7-4-12-27-22(19)17-5-2-1-3-6-17/h1-3,5-6,8-11,15-16,19,22H,4,7,12-14H2,(H,24,26). The minimum Gasteiger partial charge on any atom is -0.487 e. The van der Waals surface area contributed by atoms with Crippen LogP contribution in [-0.2, 0) is 11.3 Å². The molecule has 0 aliphatic carbocycles. The molecule has 1 amide bonds. The lowest BCUT2D eigenvalue weighted by atomic mass is 9.89. The Hall–Kier alpha value is -2.70. The predicted octanol–water partition coefficient (Wildman–Crippen LogP) is 4.62. The Morgan fingerprint density at radius 3 is 2.76 bits per heavy atom. The molecule has 3 aromatic rings. The molecule has 150 valence electrons. The second-order valence-electron chi connectivity index (χ2n) is 7.11. The van der Waals surface area contributed by atoms with Crippen LogP contribution >= 0.6 is 11.3 Å². The Bertz CT molecular complexity index is 898. The monoisotopic (exact) mass is 408 g/mol. The first-order valence-corrected chi connectivity index (χ1v) is 10.8. The summed E-state index contributed by atoms with van der Waals surface area (Å²) in [6.45, 7) is 1.80. The number of carbonyl (C=O) groups excluding carboxylic acids is 1. The molecule has 4 rings (SSSR count). The number of carbonyl (C=O) groups is 1. The molecule has 2 atom stereocenters. The fraction of sp³-hybridized carbons (Fsp3) is 0.304. The molecule has 2 heterocycles. The summed E-state index contributed by atoms with van der Waals surface area (Å²) in [4.78, 5) is 16.8. The molecular formula is C23H24N2O3S. The maximum Gasteiger partial charge on any atom is 0.251 e. The van der Waals surface area contributed by atoms with Crippen LogP contribution in [0.4, 0.5) is 0 Å². The number of nitrogens with one attached hydrogen (secondary N) is 1. The highest BCUT2D eigenvalue weighted by atomic mass is 32.1. The number of amides is 1. The third kappa shape index (κ3) is 5.22. The normalized spacial score (nSPS) is 18.9. The minimum atomic E-state index is -0.0755. The molecule has 1 fully saturated rings. The lowest BCUT2D eigenvalue weighted by Crippen LogP contribution is -2.35. The molecule has 0 saturated carbocycles. The van der Waals surface area contributed by atoms with Crippen LogP contribution in [0.1, 0.15) is 40.6 Å². The topological polar surface area (TPSA) is 60.5 Å². The van der Waals surface area contributed by atoms with Crippen LogP contribution < -0.4 is 10.1 Å². The van der Waals surface area contributed by atoms with Gasteiger partial charge in [0.15, 0.2) is 0 Å². The highest BCUT2D eigenvalue weighted by molar-refractivity contribution is 7.07. The Morgan fingerprint density at radius 2 is 2.00 bits per heavy atom. The number of hydrogen-bond acceptors (Lipinski definition) is 5. The summed E-state index contributed by atoms with van der Waals surface area (Å²) in [7, 11) is 0. The summed E-state index contributed by atoms with van der Waals surface area (Å²) < 4.78 is 11.7. The van der Waals surface area contributed by atoms with Gasteiger partial charge in [0.2, 0.25) is 0 Å². The van der Waals surface area contributed by atoms with E-state index >= 15 is 0 Å². The van der Waals surface area contributed by atoms with Gasteiger partial charge in [0.25, 0.3) is 5.91 Å². The van der Waals surface area contributed by atoms with Crippen LogP contribution in [0.25, 0.3) is 0 Å². The third-order valence-electron chi connectivity index (χ3n) is 5.08. The molecule has 6 heteroatoms. The van der Waals surface area contributed by atoms with Crippen molar-refractivity contribution in [3.8, 4) is 5.75 Å². The van der Waals surface area contributed by atoms with Crippen LogP contribution in [-0.4, -0.2) is 24.0 Å². The maximum atomic E-state index is 12.6. The zero-order valence-corrected chi connectivity index (χ0v) is 16.9. The summed E-state index contributed by atoms with van der Waals surface area (Å²) in [6.07, 6.45) is 2.10. The quantitative estimate of drug-likeness (QED) is 0.620. The van der Waals surface area contributed by atoms with E-state index in [4.69, 9.17) is 9.47 Å². The smallest absolute Gasteiger partial charge is 0.251 e. The summed E-state index contributed by atoms with van der Waals surface area (Å²) in [5, 5.41) is 5.03. The summed E-state index contributed by atoms with van der Waals surface area (Å²) >= 11 is 1.54. The molecule has 2 unspecified atom stereocenters. The minimum absolute atomic E-state index is 0.0340. The van der Waals surface area contributed by atoms with E-state index in [1.165, 1.54) is 5.56 Å². The van der Waals surface area contributed by atoms with Gasteiger partial charge in [0.05, 0.1) is 17.3 Å². The van der Waals surface area contributed by atoms with Gasteiger partial charge in [0.1, 0.15) is 12.4 Å². The number of hydrogen-bond donors (Lipinski definition) is 1. The average Bonchev–Trinajstić information content (AvgIpc) is 3.31. The highest BCUT2D eigenvalue weighted by Crippen LogP contribution is 2.33. The molecule has 1 aliphatic rings. The van der Waals surface area contributed by atoms with Crippen LogP contribution in [0, 0.1) is 5.92 Å². The highest BCUT2D eigenvalue weighted by Gasteiger charge is 2.27. The van der Waals surface area contributed by atoms with E-state index in [-0.39, 0.29) is 17.9 Å². The lowest BCUT2D eigenvalue weighted by Gasteiger charge is -2.32. The average molecular weight is 409 g/mol. The molecule has 1 aromatic heterocycles. The fourth-order valence-electron chi connectivity index (χ4n) is 3.56. The van der Waals surface area contributed by atoms with E-state index in [0.717, 1.165) is 30.9 Å².